The van der Waals surface area contributed by atoms with Gasteiger partial charge in [0.05, 0.1) is 23.1 Å². The zero-order chi connectivity index (χ0) is 12.1. The number of nitrogen functional groups attached to an aromatic ring is 1. The van der Waals surface area contributed by atoms with Gasteiger partial charge >= 0.3 is 0 Å². The molecule has 3 N–H and O–H groups in total. The van der Waals surface area contributed by atoms with Crippen molar-refractivity contribution in [1.29, 1.82) is 0 Å². The number of nitrogens with two attached hydrogens (primary N) is 1. The van der Waals surface area contributed by atoms with Gasteiger partial charge in [-0.25, -0.2) is 0 Å². The van der Waals surface area contributed by atoms with Crippen molar-refractivity contribution in [2.45, 2.75) is 0 Å². The molecule has 86 valence electrons. The van der Waals surface area contributed by atoms with Crippen LogP contribution in [-0.2, 0) is 0 Å². The molecule has 0 fully saturated rings. The van der Waals surface area contributed by atoms with Crippen molar-refractivity contribution in [2.24, 2.45) is 5.10 Å². The summed E-state index contributed by atoms with van der Waals surface area (Å²) in [5, 5.41) is 11.8. The molecule has 0 amide bonds. The van der Waals surface area contributed by atoms with Crippen molar-refractivity contribution in [3.63, 3.8) is 0 Å². The van der Waals surface area contributed by atoms with Gasteiger partial charge in [0.15, 0.2) is 5.82 Å². The van der Waals surface area contributed by atoms with Gasteiger partial charge in [-0.1, -0.05) is 41.9 Å². The van der Waals surface area contributed by atoms with Crippen LogP contribution in [-0.4, -0.2) is 16.4 Å². The van der Waals surface area contributed by atoms with Crippen LogP contribution in [0.5, 0.6) is 0 Å². The van der Waals surface area contributed by atoms with Crippen molar-refractivity contribution in [2.75, 3.05) is 11.2 Å². The summed E-state index contributed by atoms with van der Waals surface area (Å²) in [6.45, 7) is 0. The average Bonchev–Trinajstić information content (AvgIpc) is 2.36. The summed E-state index contributed by atoms with van der Waals surface area (Å²) in [6, 6.07) is 9.64. The lowest BCUT2D eigenvalue weighted by Gasteiger charge is -2.02. The van der Waals surface area contributed by atoms with Crippen LogP contribution in [0.1, 0.15) is 5.56 Å². The second-order valence-corrected chi connectivity index (χ2v) is 3.64. The summed E-state index contributed by atoms with van der Waals surface area (Å²) in [5.74, 6) is 0.338. The monoisotopic (exact) mass is 247 g/mol. The van der Waals surface area contributed by atoms with Crippen molar-refractivity contribution >= 4 is 29.3 Å². The molecule has 0 aliphatic rings. The van der Waals surface area contributed by atoms with E-state index < -0.39 is 0 Å². The van der Waals surface area contributed by atoms with E-state index in [0.29, 0.717) is 16.5 Å². The van der Waals surface area contributed by atoms with E-state index in [1.807, 2.05) is 30.3 Å². The Morgan fingerprint density at radius 2 is 2.06 bits per heavy atom. The highest BCUT2D eigenvalue weighted by Crippen LogP contribution is 2.22. The van der Waals surface area contributed by atoms with Gasteiger partial charge in [-0.05, 0) is 5.56 Å². The Bertz CT molecular complexity index is 527. The topological polar surface area (TPSA) is 76.2 Å². The summed E-state index contributed by atoms with van der Waals surface area (Å²) in [5.41, 5.74) is 9.67. The van der Waals surface area contributed by atoms with Crippen molar-refractivity contribution in [3.8, 4) is 0 Å². The Morgan fingerprint density at radius 3 is 2.82 bits per heavy atom. The first-order valence-electron chi connectivity index (χ1n) is 4.88. The van der Waals surface area contributed by atoms with Gasteiger partial charge in [-0.15, -0.1) is 5.10 Å². The highest BCUT2D eigenvalue weighted by molar-refractivity contribution is 6.33. The molecule has 0 atom stereocenters. The molecule has 0 radical (unpaired) electrons. The highest BCUT2D eigenvalue weighted by atomic mass is 35.5. The number of halogens is 1. The minimum Gasteiger partial charge on any atom is -0.394 e. The van der Waals surface area contributed by atoms with E-state index in [0.717, 1.165) is 5.56 Å². The number of rotatable bonds is 3. The van der Waals surface area contributed by atoms with Gasteiger partial charge in [-0.3, -0.25) is 5.43 Å². The normalized spacial score (nSPS) is 10.6. The van der Waals surface area contributed by atoms with Crippen LogP contribution >= 0.6 is 11.6 Å². The van der Waals surface area contributed by atoms with Crippen LogP contribution in [0.15, 0.2) is 41.6 Å². The van der Waals surface area contributed by atoms with Crippen molar-refractivity contribution in [1.82, 2.24) is 10.2 Å². The molecule has 0 saturated carbocycles. The zero-order valence-electron chi connectivity index (χ0n) is 8.84. The number of nitrogens with zero attached hydrogens (tertiary/aromatic N) is 3. The van der Waals surface area contributed by atoms with Gasteiger partial charge in [0.2, 0.25) is 0 Å². The number of hydrogen-bond donors (Lipinski definition) is 2. The largest absolute Gasteiger partial charge is 0.394 e. The lowest BCUT2D eigenvalue weighted by Crippen LogP contribution is -2.01. The quantitative estimate of drug-likeness (QED) is 0.644. The summed E-state index contributed by atoms with van der Waals surface area (Å²) >= 11 is 5.79. The van der Waals surface area contributed by atoms with E-state index in [1.165, 1.54) is 6.20 Å². The van der Waals surface area contributed by atoms with Crippen molar-refractivity contribution in [3.05, 3.63) is 47.1 Å². The molecule has 1 heterocycles. The zero-order valence-corrected chi connectivity index (χ0v) is 9.59. The Morgan fingerprint density at radius 1 is 1.29 bits per heavy atom. The van der Waals surface area contributed by atoms with Gasteiger partial charge < -0.3 is 5.73 Å². The predicted octanol–water partition coefficient (Wildman–Crippen LogP) is 2.16. The molecule has 17 heavy (non-hydrogen) atoms. The molecule has 0 bridgehead atoms. The lowest BCUT2D eigenvalue weighted by molar-refractivity contribution is 1.02. The summed E-state index contributed by atoms with van der Waals surface area (Å²) in [6.07, 6.45) is 3.03. The van der Waals surface area contributed by atoms with Gasteiger partial charge in [0.1, 0.15) is 0 Å². The second kappa shape index (κ2) is 5.27. The standard InChI is InChI=1S/C11H10ClN5/c12-9-7-15-17-11(10(9)13)16-14-6-8-4-2-1-3-5-8/h1-7H,(H2,13,15)(H,16,17)/b14-6+. The first kappa shape index (κ1) is 11.3. The van der Waals surface area contributed by atoms with Crippen LogP contribution < -0.4 is 11.2 Å². The Labute approximate surface area is 103 Å². The maximum Gasteiger partial charge on any atom is 0.193 e. The number of nitrogens with one attached hydrogen (secondary N) is 1. The number of hydrogen-bond acceptors (Lipinski definition) is 5. The first-order valence-corrected chi connectivity index (χ1v) is 5.26. The SMILES string of the molecule is Nc1c(Cl)cnnc1N/N=C/c1ccccc1. The maximum absolute atomic E-state index is 5.79. The minimum absolute atomic E-state index is 0.326. The molecule has 6 heteroatoms. The first-order chi connectivity index (χ1) is 8.27. The lowest BCUT2D eigenvalue weighted by atomic mass is 10.2. The Balaban J connectivity index is 2.08. The predicted molar refractivity (Wildman–Crippen MR) is 69.1 cm³/mol. The molecule has 1 aromatic carbocycles. The molecule has 2 rings (SSSR count). The molecule has 0 saturated heterocycles. The smallest absolute Gasteiger partial charge is 0.193 e. The molecule has 0 aliphatic carbocycles. The summed E-state index contributed by atoms with van der Waals surface area (Å²) < 4.78 is 0. The third kappa shape index (κ3) is 2.92. The van der Waals surface area contributed by atoms with Crippen LogP contribution in [0, 0.1) is 0 Å². The third-order valence-electron chi connectivity index (χ3n) is 2.02. The summed E-state index contributed by atoms with van der Waals surface area (Å²) in [4.78, 5) is 0. The fourth-order valence-corrected chi connectivity index (χ4v) is 1.30. The van der Waals surface area contributed by atoms with Gasteiger partial charge in [0, 0.05) is 0 Å². The second-order valence-electron chi connectivity index (χ2n) is 3.24. The molecular weight excluding hydrogens is 238 g/mol. The minimum atomic E-state index is 0.326. The van der Waals surface area contributed by atoms with Crippen LogP contribution in [0.2, 0.25) is 5.02 Å². The molecule has 0 spiro atoms. The number of aromatic nitrogens is 2. The number of hydrazone groups is 1. The van der Waals surface area contributed by atoms with Gasteiger partial charge in [0.25, 0.3) is 0 Å². The van der Waals surface area contributed by atoms with E-state index in [9.17, 15) is 0 Å². The fourth-order valence-electron chi connectivity index (χ4n) is 1.16. The Hall–Kier alpha value is -2.14. The molecule has 5 nitrogen and oxygen atoms in total. The third-order valence-corrected chi connectivity index (χ3v) is 2.33. The molecular formula is C11H10ClN5. The average molecular weight is 248 g/mol. The molecule has 1 aromatic heterocycles. The van der Waals surface area contributed by atoms with E-state index in [4.69, 9.17) is 17.3 Å². The summed E-state index contributed by atoms with van der Waals surface area (Å²) in [7, 11) is 0. The van der Waals surface area contributed by atoms with E-state index >= 15 is 0 Å². The number of benzene rings is 1. The van der Waals surface area contributed by atoms with E-state index in [-0.39, 0.29) is 0 Å². The maximum atomic E-state index is 5.79. The molecule has 0 unspecified atom stereocenters. The van der Waals surface area contributed by atoms with Crippen LogP contribution in [0.4, 0.5) is 11.5 Å². The fraction of sp³-hybridized carbons (Fsp3) is 0. The molecule has 0 aliphatic heterocycles. The van der Waals surface area contributed by atoms with Crippen molar-refractivity contribution < 1.29 is 0 Å². The molecule has 2 aromatic rings. The Kier molecular flexibility index (Phi) is 3.52. The van der Waals surface area contributed by atoms with Gasteiger partial charge in [-0.2, -0.15) is 10.2 Å². The highest BCUT2D eigenvalue weighted by Gasteiger charge is 2.03. The van der Waals surface area contributed by atoms with Crippen LogP contribution in [0.25, 0.3) is 0 Å². The van der Waals surface area contributed by atoms with E-state index in [1.54, 1.807) is 6.21 Å². The van der Waals surface area contributed by atoms with E-state index in [2.05, 4.69) is 20.7 Å². The number of anilines is 2. The van der Waals surface area contributed by atoms with Crippen LogP contribution in [0.3, 0.4) is 0 Å².